The summed E-state index contributed by atoms with van der Waals surface area (Å²) in [7, 11) is 1.79. The number of likely N-dealkylation sites (tertiary alicyclic amines) is 1. The second-order valence-corrected chi connectivity index (χ2v) is 7.16. The van der Waals surface area contributed by atoms with Crippen LogP contribution in [0.2, 0.25) is 0 Å². The Morgan fingerprint density at radius 3 is 2.85 bits per heavy atom. The van der Waals surface area contributed by atoms with Crippen molar-refractivity contribution in [2.45, 2.75) is 46.0 Å². The molecule has 0 aromatic carbocycles. The minimum atomic E-state index is 0.289. The molecule has 2 fully saturated rings. The van der Waals surface area contributed by atoms with Crippen molar-refractivity contribution < 1.29 is 9.53 Å². The highest BCUT2D eigenvalue weighted by atomic mass is 16.5. The Kier molecular flexibility index (Phi) is 6.03. The van der Waals surface area contributed by atoms with Crippen molar-refractivity contribution in [2.75, 3.05) is 33.4 Å². The molecule has 3 heteroatoms. The van der Waals surface area contributed by atoms with Gasteiger partial charge in [0.2, 0.25) is 0 Å². The Morgan fingerprint density at radius 2 is 2.15 bits per heavy atom. The molecule has 0 bridgehead atoms. The van der Waals surface area contributed by atoms with Crippen LogP contribution in [0, 0.1) is 23.7 Å². The van der Waals surface area contributed by atoms with Crippen molar-refractivity contribution in [3.63, 3.8) is 0 Å². The molecule has 2 rings (SSSR count). The van der Waals surface area contributed by atoms with Gasteiger partial charge in [-0.05, 0) is 50.0 Å². The van der Waals surface area contributed by atoms with Crippen LogP contribution in [0.4, 0.5) is 0 Å². The maximum atomic E-state index is 12.2. The molecular formula is C17H31NO2. The Hall–Kier alpha value is -0.410. The quantitative estimate of drug-likeness (QED) is 0.776. The molecular weight excluding hydrogens is 250 g/mol. The molecule has 1 saturated carbocycles. The zero-order valence-corrected chi connectivity index (χ0v) is 13.4. The predicted molar refractivity (Wildman–Crippen MR) is 81.7 cm³/mol. The van der Waals surface area contributed by atoms with Crippen LogP contribution in [0.1, 0.15) is 46.0 Å². The molecule has 3 nitrogen and oxygen atoms in total. The van der Waals surface area contributed by atoms with Crippen LogP contribution < -0.4 is 0 Å². The average Bonchev–Trinajstić information content (AvgIpc) is 2.42. The van der Waals surface area contributed by atoms with Crippen LogP contribution in [-0.2, 0) is 9.53 Å². The molecule has 3 unspecified atom stereocenters. The lowest BCUT2D eigenvalue weighted by atomic mass is 9.75. The summed E-state index contributed by atoms with van der Waals surface area (Å²) < 4.78 is 5.30. The molecule has 0 radical (unpaired) electrons. The lowest BCUT2D eigenvalue weighted by Gasteiger charge is -2.37. The summed E-state index contributed by atoms with van der Waals surface area (Å²) in [6, 6.07) is 0. The Labute approximate surface area is 124 Å². The van der Waals surface area contributed by atoms with E-state index in [0.29, 0.717) is 17.6 Å². The first-order valence-corrected chi connectivity index (χ1v) is 8.34. The third-order valence-electron chi connectivity index (χ3n) is 5.23. The first-order chi connectivity index (χ1) is 9.60. The van der Waals surface area contributed by atoms with Gasteiger partial charge in [-0.25, -0.2) is 0 Å². The number of hydrogen-bond acceptors (Lipinski definition) is 3. The smallest absolute Gasteiger partial charge is 0.137 e. The van der Waals surface area contributed by atoms with E-state index in [1.807, 2.05) is 0 Å². The van der Waals surface area contributed by atoms with Crippen LogP contribution in [0.3, 0.4) is 0 Å². The zero-order valence-electron chi connectivity index (χ0n) is 13.4. The Morgan fingerprint density at radius 1 is 1.35 bits per heavy atom. The van der Waals surface area contributed by atoms with Crippen molar-refractivity contribution in [1.29, 1.82) is 0 Å². The van der Waals surface area contributed by atoms with Crippen LogP contribution >= 0.6 is 0 Å². The van der Waals surface area contributed by atoms with E-state index < -0.39 is 0 Å². The molecule has 0 aromatic heterocycles. The molecule has 0 N–H and O–H groups in total. The van der Waals surface area contributed by atoms with E-state index in [4.69, 9.17) is 4.74 Å². The highest BCUT2D eigenvalue weighted by Crippen LogP contribution is 2.32. The third-order valence-corrected chi connectivity index (χ3v) is 5.23. The first-order valence-electron chi connectivity index (χ1n) is 8.34. The molecule has 1 aliphatic heterocycles. The van der Waals surface area contributed by atoms with Gasteiger partial charge in [-0.3, -0.25) is 4.79 Å². The van der Waals surface area contributed by atoms with Crippen LogP contribution in [0.25, 0.3) is 0 Å². The second kappa shape index (κ2) is 7.56. The van der Waals surface area contributed by atoms with Gasteiger partial charge < -0.3 is 9.64 Å². The molecule has 2 aliphatic rings. The number of ether oxygens (including phenoxy) is 1. The van der Waals surface area contributed by atoms with Crippen molar-refractivity contribution in [3.05, 3.63) is 0 Å². The molecule has 1 aliphatic carbocycles. The number of carbonyl (C=O) groups is 1. The standard InChI is InChI=1S/C17H31NO2/c1-13(2)15-6-7-17(19)16(9-15)11-18-8-4-5-14(10-18)12-20-3/h13-16H,4-12H2,1-3H3. The monoisotopic (exact) mass is 281 g/mol. The third kappa shape index (κ3) is 4.29. The van der Waals surface area contributed by atoms with Crippen molar-refractivity contribution in [3.8, 4) is 0 Å². The summed E-state index contributed by atoms with van der Waals surface area (Å²) in [5, 5.41) is 0. The Balaban J connectivity index is 1.85. The number of methoxy groups -OCH3 is 1. The van der Waals surface area contributed by atoms with Gasteiger partial charge in [-0.2, -0.15) is 0 Å². The maximum absolute atomic E-state index is 12.2. The lowest BCUT2D eigenvalue weighted by Crippen LogP contribution is -2.43. The number of ketones is 1. The van der Waals surface area contributed by atoms with Crippen LogP contribution in [0.5, 0.6) is 0 Å². The van der Waals surface area contributed by atoms with Crippen LogP contribution in [0.15, 0.2) is 0 Å². The summed E-state index contributed by atoms with van der Waals surface area (Å²) in [6.07, 6.45) is 5.56. The molecule has 116 valence electrons. The summed E-state index contributed by atoms with van der Waals surface area (Å²) >= 11 is 0. The highest BCUT2D eigenvalue weighted by Gasteiger charge is 2.32. The molecule has 1 heterocycles. The zero-order chi connectivity index (χ0) is 14.5. The fourth-order valence-electron chi connectivity index (χ4n) is 3.93. The van der Waals surface area contributed by atoms with Gasteiger partial charge in [0.15, 0.2) is 0 Å². The van der Waals surface area contributed by atoms with E-state index in [9.17, 15) is 4.79 Å². The van der Waals surface area contributed by atoms with Gasteiger partial charge >= 0.3 is 0 Å². The minimum absolute atomic E-state index is 0.289. The van der Waals surface area contributed by atoms with Gasteiger partial charge in [0.1, 0.15) is 5.78 Å². The summed E-state index contributed by atoms with van der Waals surface area (Å²) in [5.74, 6) is 2.92. The Bertz CT molecular complexity index is 314. The number of Topliss-reactive ketones (excluding diaryl/α,β-unsaturated/α-hetero) is 1. The summed E-state index contributed by atoms with van der Waals surface area (Å²) in [5.41, 5.74) is 0. The van der Waals surface area contributed by atoms with Crippen molar-refractivity contribution in [1.82, 2.24) is 4.90 Å². The van der Waals surface area contributed by atoms with Gasteiger partial charge in [-0.1, -0.05) is 13.8 Å². The van der Waals surface area contributed by atoms with E-state index in [2.05, 4.69) is 18.7 Å². The van der Waals surface area contributed by atoms with Gasteiger partial charge in [-0.15, -0.1) is 0 Å². The van der Waals surface area contributed by atoms with E-state index in [0.717, 1.165) is 51.4 Å². The minimum Gasteiger partial charge on any atom is -0.384 e. The van der Waals surface area contributed by atoms with Crippen molar-refractivity contribution >= 4 is 5.78 Å². The van der Waals surface area contributed by atoms with Gasteiger partial charge in [0, 0.05) is 32.5 Å². The molecule has 0 spiro atoms. The normalized spacial score (nSPS) is 32.8. The maximum Gasteiger partial charge on any atom is 0.137 e. The fourth-order valence-corrected chi connectivity index (χ4v) is 3.93. The first kappa shape index (κ1) is 16.0. The van der Waals surface area contributed by atoms with Crippen molar-refractivity contribution in [2.24, 2.45) is 23.7 Å². The summed E-state index contributed by atoms with van der Waals surface area (Å²) in [4.78, 5) is 14.7. The average molecular weight is 281 g/mol. The molecule has 0 amide bonds. The lowest BCUT2D eigenvalue weighted by molar-refractivity contribution is -0.127. The van der Waals surface area contributed by atoms with Crippen LogP contribution in [-0.4, -0.2) is 44.0 Å². The summed E-state index contributed by atoms with van der Waals surface area (Å²) in [6.45, 7) is 8.73. The SMILES string of the molecule is COCC1CCCN(CC2CC(C(C)C)CCC2=O)C1. The fraction of sp³-hybridized carbons (Fsp3) is 0.941. The molecule has 20 heavy (non-hydrogen) atoms. The van der Waals surface area contributed by atoms with E-state index in [1.165, 1.54) is 12.8 Å². The molecule has 1 saturated heterocycles. The topological polar surface area (TPSA) is 29.5 Å². The number of piperidine rings is 1. The molecule has 0 aromatic rings. The van der Waals surface area contributed by atoms with E-state index in [-0.39, 0.29) is 5.92 Å². The van der Waals surface area contributed by atoms with E-state index in [1.54, 1.807) is 7.11 Å². The number of hydrogen-bond donors (Lipinski definition) is 0. The number of carbonyl (C=O) groups excluding carboxylic acids is 1. The van der Waals surface area contributed by atoms with E-state index >= 15 is 0 Å². The highest BCUT2D eigenvalue weighted by molar-refractivity contribution is 5.82. The van der Waals surface area contributed by atoms with Gasteiger partial charge in [0.05, 0.1) is 6.61 Å². The van der Waals surface area contributed by atoms with Gasteiger partial charge in [0.25, 0.3) is 0 Å². The molecule has 3 atom stereocenters. The number of rotatable bonds is 5. The second-order valence-electron chi connectivity index (χ2n) is 7.16. The predicted octanol–water partition coefficient (Wildman–Crippen LogP) is 2.99. The number of nitrogens with zero attached hydrogens (tertiary/aromatic N) is 1. The largest absolute Gasteiger partial charge is 0.384 e.